The summed E-state index contributed by atoms with van der Waals surface area (Å²) in [5.41, 5.74) is -0.377. The SMILES string of the molecule is COc1ccc(C2CCN(c3nc(C(F)(F)F)c(C(=O)O)o3)CC2)cc1. The lowest BCUT2D eigenvalue weighted by Gasteiger charge is -2.31. The number of benzene rings is 1. The number of halogens is 3. The molecule has 0 amide bonds. The van der Waals surface area contributed by atoms with Crippen LogP contribution in [0.15, 0.2) is 28.7 Å². The number of carboxylic acid groups (broad SMARTS) is 1. The van der Waals surface area contributed by atoms with Gasteiger partial charge in [0.05, 0.1) is 7.11 Å². The second kappa shape index (κ2) is 6.89. The topological polar surface area (TPSA) is 75.8 Å². The van der Waals surface area contributed by atoms with Crippen LogP contribution in [-0.2, 0) is 6.18 Å². The Balaban J connectivity index is 1.72. The molecule has 2 aromatic rings. The lowest BCUT2D eigenvalue weighted by molar-refractivity contribution is -0.141. The zero-order valence-corrected chi connectivity index (χ0v) is 13.9. The third-order valence-electron chi connectivity index (χ3n) is 4.43. The van der Waals surface area contributed by atoms with Crippen molar-refractivity contribution in [2.24, 2.45) is 0 Å². The number of hydrogen-bond donors (Lipinski definition) is 1. The minimum absolute atomic E-state index is 0.258. The number of aromatic carboxylic acids is 1. The van der Waals surface area contributed by atoms with E-state index in [1.807, 2.05) is 24.3 Å². The predicted octanol–water partition coefficient (Wildman–Crippen LogP) is 3.78. The molecule has 0 spiro atoms. The second-order valence-corrected chi connectivity index (χ2v) is 6.01. The molecule has 140 valence electrons. The summed E-state index contributed by atoms with van der Waals surface area (Å²) in [5.74, 6) is -1.95. The summed E-state index contributed by atoms with van der Waals surface area (Å²) >= 11 is 0. The lowest BCUT2D eigenvalue weighted by Crippen LogP contribution is -2.33. The van der Waals surface area contributed by atoms with Crippen molar-refractivity contribution in [1.82, 2.24) is 4.98 Å². The van der Waals surface area contributed by atoms with Gasteiger partial charge in [0.15, 0.2) is 5.69 Å². The minimum Gasteiger partial charge on any atom is -0.497 e. The number of rotatable bonds is 4. The fraction of sp³-hybridized carbons (Fsp3) is 0.412. The van der Waals surface area contributed by atoms with Gasteiger partial charge in [-0.3, -0.25) is 0 Å². The van der Waals surface area contributed by atoms with E-state index in [2.05, 4.69) is 4.98 Å². The lowest BCUT2D eigenvalue weighted by atomic mass is 9.89. The second-order valence-electron chi connectivity index (χ2n) is 6.01. The smallest absolute Gasteiger partial charge is 0.437 e. The van der Waals surface area contributed by atoms with Gasteiger partial charge in [0, 0.05) is 13.1 Å². The Morgan fingerprint density at radius 3 is 2.35 bits per heavy atom. The van der Waals surface area contributed by atoms with Gasteiger partial charge in [-0.25, -0.2) is 4.79 Å². The van der Waals surface area contributed by atoms with E-state index in [1.165, 1.54) is 0 Å². The number of aromatic nitrogens is 1. The molecular formula is C17H17F3N2O4. The molecule has 0 bridgehead atoms. The normalized spacial score (nSPS) is 15.9. The van der Waals surface area contributed by atoms with Gasteiger partial charge >= 0.3 is 12.1 Å². The molecule has 1 aliphatic rings. The molecule has 1 aliphatic heterocycles. The number of carboxylic acids is 1. The van der Waals surface area contributed by atoms with Gasteiger partial charge in [-0.2, -0.15) is 18.2 Å². The molecule has 1 saturated heterocycles. The molecule has 0 saturated carbocycles. The molecular weight excluding hydrogens is 353 g/mol. The zero-order chi connectivity index (χ0) is 18.9. The van der Waals surface area contributed by atoms with Crippen molar-refractivity contribution < 1.29 is 32.2 Å². The Kier molecular flexibility index (Phi) is 4.80. The standard InChI is InChI=1S/C17H17F3N2O4/c1-25-12-4-2-10(3-5-12)11-6-8-22(9-7-11)16-21-14(17(18,19)20)13(26-16)15(23)24/h2-5,11H,6-9H2,1H3,(H,23,24). The molecule has 0 atom stereocenters. The van der Waals surface area contributed by atoms with Gasteiger partial charge in [0.1, 0.15) is 5.75 Å². The van der Waals surface area contributed by atoms with E-state index >= 15 is 0 Å². The summed E-state index contributed by atoms with van der Waals surface area (Å²) in [6.45, 7) is 0.848. The average molecular weight is 370 g/mol. The zero-order valence-electron chi connectivity index (χ0n) is 13.9. The molecule has 9 heteroatoms. The number of anilines is 1. The van der Waals surface area contributed by atoms with Crippen LogP contribution in [0.1, 0.15) is 40.6 Å². The van der Waals surface area contributed by atoms with Gasteiger partial charge in [0.2, 0.25) is 5.76 Å². The first kappa shape index (κ1) is 18.1. The van der Waals surface area contributed by atoms with Crippen molar-refractivity contribution in [3.63, 3.8) is 0 Å². The predicted molar refractivity (Wildman–Crippen MR) is 85.6 cm³/mol. The fourth-order valence-corrected chi connectivity index (χ4v) is 3.06. The van der Waals surface area contributed by atoms with Crippen molar-refractivity contribution in [1.29, 1.82) is 0 Å². The maximum Gasteiger partial charge on any atom is 0.437 e. The maximum absolute atomic E-state index is 12.9. The van der Waals surface area contributed by atoms with Crippen LogP contribution in [0.3, 0.4) is 0 Å². The summed E-state index contributed by atoms with van der Waals surface area (Å²) in [6.07, 6.45) is -3.49. The van der Waals surface area contributed by atoms with Crippen LogP contribution in [0, 0.1) is 0 Å². The number of alkyl halides is 3. The summed E-state index contributed by atoms with van der Waals surface area (Å²) in [5, 5.41) is 8.91. The van der Waals surface area contributed by atoms with Gasteiger partial charge in [-0.05, 0) is 36.5 Å². The minimum atomic E-state index is -4.88. The van der Waals surface area contributed by atoms with Crippen molar-refractivity contribution in [3.8, 4) is 5.75 Å². The monoisotopic (exact) mass is 370 g/mol. The number of hydrogen-bond acceptors (Lipinski definition) is 5. The van der Waals surface area contributed by atoms with Crippen LogP contribution in [-0.4, -0.2) is 36.3 Å². The number of oxazole rings is 1. The van der Waals surface area contributed by atoms with Gasteiger partial charge < -0.3 is 19.2 Å². The van der Waals surface area contributed by atoms with Gasteiger partial charge in [-0.15, -0.1) is 0 Å². The molecule has 0 aliphatic carbocycles. The average Bonchev–Trinajstić information content (AvgIpc) is 3.08. The first-order chi connectivity index (χ1) is 12.3. The van der Waals surface area contributed by atoms with Crippen molar-refractivity contribution in [2.45, 2.75) is 24.9 Å². The summed E-state index contributed by atoms with van der Waals surface area (Å²) in [6, 6.07) is 7.36. The van der Waals surface area contributed by atoms with Crippen LogP contribution < -0.4 is 9.64 Å². The molecule has 3 rings (SSSR count). The highest BCUT2D eigenvalue weighted by atomic mass is 19.4. The number of methoxy groups -OCH3 is 1. The first-order valence-corrected chi connectivity index (χ1v) is 8.00. The first-order valence-electron chi connectivity index (χ1n) is 8.00. The van der Waals surface area contributed by atoms with Crippen molar-refractivity contribution >= 4 is 12.0 Å². The number of nitrogens with zero attached hydrogens (tertiary/aromatic N) is 2. The van der Waals surface area contributed by atoms with Crippen molar-refractivity contribution in [3.05, 3.63) is 41.3 Å². The highest BCUT2D eigenvalue weighted by Crippen LogP contribution is 2.36. The summed E-state index contributed by atoms with van der Waals surface area (Å²) < 4.78 is 48.8. The molecule has 1 aromatic heterocycles. The third-order valence-corrected chi connectivity index (χ3v) is 4.43. The molecule has 6 nitrogen and oxygen atoms in total. The molecule has 0 unspecified atom stereocenters. The number of piperidine rings is 1. The Hall–Kier alpha value is -2.71. The Bertz CT molecular complexity index is 778. The van der Waals surface area contributed by atoms with Crippen LogP contribution in [0.25, 0.3) is 0 Å². The number of carbonyl (C=O) groups is 1. The van der Waals surface area contributed by atoms with Crippen LogP contribution in [0.4, 0.5) is 19.2 Å². The fourth-order valence-electron chi connectivity index (χ4n) is 3.06. The van der Waals surface area contributed by atoms with Crippen molar-refractivity contribution in [2.75, 3.05) is 25.1 Å². The largest absolute Gasteiger partial charge is 0.497 e. The Morgan fingerprint density at radius 2 is 1.88 bits per heavy atom. The van der Waals surface area contributed by atoms with Gasteiger partial charge in [-0.1, -0.05) is 12.1 Å². The van der Waals surface area contributed by atoms with E-state index in [0.717, 1.165) is 11.3 Å². The molecule has 1 N–H and O–H groups in total. The summed E-state index contributed by atoms with van der Waals surface area (Å²) in [7, 11) is 1.59. The van der Waals surface area contributed by atoms with E-state index in [9.17, 15) is 18.0 Å². The van der Waals surface area contributed by atoms with Crippen LogP contribution >= 0.6 is 0 Å². The van der Waals surface area contributed by atoms with E-state index in [-0.39, 0.29) is 11.9 Å². The highest BCUT2D eigenvalue weighted by Gasteiger charge is 2.42. The molecule has 1 fully saturated rings. The maximum atomic E-state index is 12.9. The third kappa shape index (κ3) is 3.61. The number of ether oxygens (including phenoxy) is 1. The molecule has 1 aromatic carbocycles. The van der Waals surface area contributed by atoms with Crippen LogP contribution in [0.2, 0.25) is 0 Å². The highest BCUT2D eigenvalue weighted by molar-refractivity contribution is 5.86. The Morgan fingerprint density at radius 1 is 1.27 bits per heavy atom. The van der Waals surface area contributed by atoms with Gasteiger partial charge in [0.25, 0.3) is 6.01 Å². The van der Waals surface area contributed by atoms with Crippen LogP contribution in [0.5, 0.6) is 5.75 Å². The summed E-state index contributed by atoms with van der Waals surface area (Å²) in [4.78, 5) is 15.9. The molecule has 26 heavy (non-hydrogen) atoms. The Labute approximate surface area is 147 Å². The molecule has 2 heterocycles. The van der Waals surface area contributed by atoms with E-state index in [4.69, 9.17) is 14.3 Å². The van der Waals surface area contributed by atoms with E-state index in [1.54, 1.807) is 12.0 Å². The van der Waals surface area contributed by atoms with E-state index < -0.39 is 23.6 Å². The van der Waals surface area contributed by atoms with E-state index in [0.29, 0.717) is 25.9 Å². The molecule has 0 radical (unpaired) electrons. The quantitative estimate of drug-likeness (QED) is 0.883.